The predicted molar refractivity (Wildman–Crippen MR) is 91.6 cm³/mol. The van der Waals surface area contributed by atoms with E-state index in [2.05, 4.69) is 47.4 Å². The molecule has 3 aromatic rings. The van der Waals surface area contributed by atoms with Crippen LogP contribution in [0, 0.1) is 13.8 Å². The molecule has 2 N–H and O–H groups in total. The Kier molecular flexibility index (Phi) is 3.84. The second kappa shape index (κ2) is 5.78. The lowest BCUT2D eigenvalue weighted by Gasteiger charge is -2.10. The Morgan fingerprint density at radius 3 is 2.62 bits per heavy atom. The van der Waals surface area contributed by atoms with E-state index in [4.69, 9.17) is 5.73 Å². The third-order valence-corrected chi connectivity index (χ3v) is 4.78. The molecule has 3 heteroatoms. The van der Waals surface area contributed by atoms with Gasteiger partial charge in [-0.3, -0.25) is 4.98 Å². The number of aryl methyl sites for hydroxylation is 1. The van der Waals surface area contributed by atoms with Gasteiger partial charge in [0, 0.05) is 22.5 Å². The van der Waals surface area contributed by atoms with E-state index in [0.717, 1.165) is 28.3 Å². The number of anilines is 1. The Balaban J connectivity index is 1.82. The molecule has 0 aliphatic heterocycles. The van der Waals surface area contributed by atoms with Gasteiger partial charge < -0.3 is 5.73 Å². The molecule has 0 bridgehead atoms. The van der Waals surface area contributed by atoms with Crippen molar-refractivity contribution in [2.45, 2.75) is 24.5 Å². The maximum Gasteiger partial charge on any atom is 0.0556 e. The standard InChI is InChI=1S/C18H18N2S/c1-12-10-20-17(13(2)18(12)19)11-21-16-8-7-14-5-3-4-6-15(14)9-16/h3-10H,11H2,1-2H3,(H2,19,20). The average molecular weight is 294 g/mol. The molecule has 1 heterocycles. The fourth-order valence-electron chi connectivity index (χ4n) is 2.35. The van der Waals surface area contributed by atoms with Crippen molar-refractivity contribution in [1.29, 1.82) is 0 Å². The first-order valence-corrected chi connectivity index (χ1v) is 7.96. The van der Waals surface area contributed by atoms with Crippen molar-refractivity contribution in [3.63, 3.8) is 0 Å². The second-order valence-corrected chi connectivity index (χ2v) is 6.27. The highest BCUT2D eigenvalue weighted by Gasteiger charge is 2.07. The van der Waals surface area contributed by atoms with Crippen LogP contribution in [0.2, 0.25) is 0 Å². The first kappa shape index (κ1) is 14.0. The first-order valence-electron chi connectivity index (χ1n) is 6.97. The summed E-state index contributed by atoms with van der Waals surface area (Å²) < 4.78 is 0. The zero-order valence-electron chi connectivity index (χ0n) is 12.3. The molecule has 3 rings (SSSR count). The van der Waals surface area contributed by atoms with Crippen LogP contribution in [0.1, 0.15) is 16.8 Å². The summed E-state index contributed by atoms with van der Waals surface area (Å²) in [6.07, 6.45) is 1.86. The number of aromatic nitrogens is 1. The van der Waals surface area contributed by atoms with E-state index in [0.29, 0.717) is 0 Å². The molecule has 0 aliphatic carbocycles. The molecule has 106 valence electrons. The SMILES string of the molecule is Cc1cnc(CSc2ccc3ccccc3c2)c(C)c1N. The summed E-state index contributed by atoms with van der Waals surface area (Å²) >= 11 is 1.80. The van der Waals surface area contributed by atoms with E-state index < -0.39 is 0 Å². The van der Waals surface area contributed by atoms with Crippen LogP contribution in [0.25, 0.3) is 10.8 Å². The molecule has 0 radical (unpaired) electrons. The Morgan fingerprint density at radius 1 is 1.05 bits per heavy atom. The van der Waals surface area contributed by atoms with Crippen molar-refractivity contribution in [2.75, 3.05) is 5.73 Å². The first-order chi connectivity index (χ1) is 10.1. The van der Waals surface area contributed by atoms with Crippen LogP contribution >= 0.6 is 11.8 Å². The highest BCUT2D eigenvalue weighted by molar-refractivity contribution is 7.98. The topological polar surface area (TPSA) is 38.9 Å². The number of nitrogens with two attached hydrogens (primary N) is 1. The number of thioether (sulfide) groups is 1. The normalized spacial score (nSPS) is 11.0. The smallest absolute Gasteiger partial charge is 0.0556 e. The van der Waals surface area contributed by atoms with Crippen molar-refractivity contribution in [3.8, 4) is 0 Å². The minimum Gasteiger partial charge on any atom is -0.398 e. The van der Waals surface area contributed by atoms with Gasteiger partial charge in [0.05, 0.1) is 5.69 Å². The lowest BCUT2D eigenvalue weighted by Crippen LogP contribution is -2.00. The summed E-state index contributed by atoms with van der Waals surface area (Å²) in [6.45, 7) is 4.04. The van der Waals surface area contributed by atoms with Gasteiger partial charge in [0.25, 0.3) is 0 Å². The van der Waals surface area contributed by atoms with Gasteiger partial charge in [-0.25, -0.2) is 0 Å². The third kappa shape index (κ3) is 2.88. The highest BCUT2D eigenvalue weighted by atomic mass is 32.2. The Labute approximate surface area is 129 Å². The van der Waals surface area contributed by atoms with Crippen LogP contribution in [0.15, 0.2) is 53.6 Å². The van der Waals surface area contributed by atoms with E-state index in [9.17, 15) is 0 Å². The molecular weight excluding hydrogens is 276 g/mol. The zero-order valence-corrected chi connectivity index (χ0v) is 13.1. The molecule has 0 unspecified atom stereocenters. The lowest BCUT2D eigenvalue weighted by atomic mass is 10.1. The van der Waals surface area contributed by atoms with Gasteiger partial charge in [0.15, 0.2) is 0 Å². The van der Waals surface area contributed by atoms with Gasteiger partial charge in [-0.05, 0) is 47.9 Å². The summed E-state index contributed by atoms with van der Waals surface area (Å²) in [7, 11) is 0. The van der Waals surface area contributed by atoms with Crippen LogP contribution in [0.3, 0.4) is 0 Å². The van der Waals surface area contributed by atoms with Gasteiger partial charge in [0.2, 0.25) is 0 Å². The van der Waals surface area contributed by atoms with E-state index in [-0.39, 0.29) is 0 Å². The molecule has 0 fully saturated rings. The third-order valence-electron chi connectivity index (χ3n) is 3.77. The maximum atomic E-state index is 6.08. The maximum absolute atomic E-state index is 6.08. The minimum absolute atomic E-state index is 0.842. The summed E-state index contributed by atoms with van der Waals surface area (Å²) in [5.41, 5.74) is 10.2. The van der Waals surface area contributed by atoms with E-state index in [1.807, 2.05) is 20.0 Å². The molecule has 1 aromatic heterocycles. The molecule has 2 aromatic carbocycles. The van der Waals surface area contributed by atoms with E-state index in [1.165, 1.54) is 15.7 Å². The van der Waals surface area contributed by atoms with Crippen LogP contribution in [0.5, 0.6) is 0 Å². The molecule has 21 heavy (non-hydrogen) atoms. The van der Waals surface area contributed by atoms with Crippen LogP contribution in [-0.2, 0) is 5.75 Å². The van der Waals surface area contributed by atoms with Gasteiger partial charge in [-0.2, -0.15) is 0 Å². The highest BCUT2D eigenvalue weighted by Crippen LogP contribution is 2.28. The van der Waals surface area contributed by atoms with Crippen LogP contribution < -0.4 is 5.73 Å². The monoisotopic (exact) mass is 294 g/mol. The van der Waals surface area contributed by atoms with Crippen LogP contribution in [-0.4, -0.2) is 4.98 Å². The molecule has 0 amide bonds. The number of fused-ring (bicyclic) bond motifs is 1. The largest absolute Gasteiger partial charge is 0.398 e. The molecule has 0 aliphatic rings. The Morgan fingerprint density at radius 2 is 1.81 bits per heavy atom. The van der Waals surface area contributed by atoms with E-state index in [1.54, 1.807) is 11.8 Å². The van der Waals surface area contributed by atoms with Gasteiger partial charge in [-0.1, -0.05) is 30.3 Å². The Bertz CT molecular complexity index is 796. The Hall–Kier alpha value is -2.00. The summed E-state index contributed by atoms with van der Waals surface area (Å²) in [5, 5.41) is 2.55. The number of rotatable bonds is 3. The number of hydrogen-bond donors (Lipinski definition) is 1. The minimum atomic E-state index is 0.842. The van der Waals surface area contributed by atoms with Crippen molar-refractivity contribution in [2.24, 2.45) is 0 Å². The number of pyridine rings is 1. The van der Waals surface area contributed by atoms with Crippen molar-refractivity contribution in [1.82, 2.24) is 4.98 Å². The zero-order chi connectivity index (χ0) is 14.8. The molecule has 2 nitrogen and oxygen atoms in total. The summed E-state index contributed by atoms with van der Waals surface area (Å²) in [4.78, 5) is 5.77. The number of nitrogen functional groups attached to an aromatic ring is 1. The van der Waals surface area contributed by atoms with Gasteiger partial charge >= 0.3 is 0 Å². The quantitative estimate of drug-likeness (QED) is 0.710. The average Bonchev–Trinajstić information content (AvgIpc) is 2.52. The van der Waals surface area contributed by atoms with E-state index >= 15 is 0 Å². The van der Waals surface area contributed by atoms with Crippen molar-refractivity contribution >= 4 is 28.2 Å². The molecule has 0 saturated heterocycles. The lowest BCUT2D eigenvalue weighted by molar-refractivity contribution is 1.11. The van der Waals surface area contributed by atoms with Crippen molar-refractivity contribution < 1.29 is 0 Å². The molecule has 0 saturated carbocycles. The fraction of sp³-hybridized carbons (Fsp3) is 0.167. The molecule has 0 atom stereocenters. The van der Waals surface area contributed by atoms with Crippen LogP contribution in [0.4, 0.5) is 5.69 Å². The number of benzene rings is 2. The fourth-order valence-corrected chi connectivity index (χ4v) is 3.32. The van der Waals surface area contributed by atoms with Gasteiger partial charge in [-0.15, -0.1) is 11.8 Å². The second-order valence-electron chi connectivity index (χ2n) is 5.22. The summed E-state index contributed by atoms with van der Waals surface area (Å²) in [6, 6.07) is 15.0. The van der Waals surface area contributed by atoms with Crippen molar-refractivity contribution in [3.05, 3.63) is 65.5 Å². The molecular formula is C18H18N2S. The number of nitrogens with zero attached hydrogens (tertiary/aromatic N) is 1. The van der Waals surface area contributed by atoms with Gasteiger partial charge in [0.1, 0.15) is 0 Å². The number of hydrogen-bond acceptors (Lipinski definition) is 3. The summed E-state index contributed by atoms with van der Waals surface area (Å²) in [5.74, 6) is 0.842. The predicted octanol–water partition coefficient (Wildman–Crippen LogP) is 4.73. The molecule has 0 spiro atoms.